The Hall–Kier alpha value is -2.37. The molecular weight excluding hydrogens is 280 g/mol. The number of nitrogens with zero attached hydrogens (tertiary/aromatic N) is 3. The van der Waals surface area contributed by atoms with Gasteiger partial charge in [0, 0.05) is 45.7 Å². The van der Waals surface area contributed by atoms with E-state index in [0.717, 1.165) is 18.7 Å². The smallest absolute Gasteiger partial charge is 0.267 e. The van der Waals surface area contributed by atoms with Crippen molar-refractivity contribution in [3.05, 3.63) is 30.3 Å². The van der Waals surface area contributed by atoms with Crippen molar-refractivity contribution >= 4 is 23.2 Å². The highest BCUT2D eigenvalue weighted by Crippen LogP contribution is 2.11. The molecule has 0 fully saturated rings. The van der Waals surface area contributed by atoms with Crippen molar-refractivity contribution in [2.45, 2.75) is 19.3 Å². The number of anilines is 1. The Kier molecular flexibility index (Phi) is 5.52. The van der Waals surface area contributed by atoms with Crippen LogP contribution in [-0.4, -0.2) is 49.7 Å². The van der Waals surface area contributed by atoms with Gasteiger partial charge in [0.25, 0.3) is 5.91 Å². The molecule has 0 aliphatic carbocycles. The third-order valence-corrected chi connectivity index (χ3v) is 3.62. The Labute approximate surface area is 130 Å². The molecule has 0 radical (unpaired) electrons. The van der Waals surface area contributed by atoms with Crippen LogP contribution in [0, 0.1) is 0 Å². The number of carbonyl (C=O) groups excluding carboxylic acids is 2. The number of benzene rings is 1. The zero-order chi connectivity index (χ0) is 15.9. The molecule has 1 heterocycles. The lowest BCUT2D eigenvalue weighted by atomic mass is 10.1. The molecule has 0 saturated heterocycles. The van der Waals surface area contributed by atoms with Gasteiger partial charge in [0.1, 0.15) is 5.71 Å². The minimum atomic E-state index is -0.179. The number of nitrogens with one attached hydrogen (secondary N) is 1. The van der Waals surface area contributed by atoms with Gasteiger partial charge in [-0.3, -0.25) is 9.59 Å². The molecule has 1 aromatic rings. The fourth-order valence-corrected chi connectivity index (χ4v) is 2.26. The van der Waals surface area contributed by atoms with Crippen LogP contribution in [0.3, 0.4) is 0 Å². The molecule has 1 aliphatic rings. The summed E-state index contributed by atoms with van der Waals surface area (Å²) in [6, 6.07) is 10.1. The maximum Gasteiger partial charge on any atom is 0.267 e. The maximum absolute atomic E-state index is 12.0. The number of hydrazone groups is 1. The number of rotatable bonds is 6. The van der Waals surface area contributed by atoms with E-state index in [4.69, 9.17) is 0 Å². The molecule has 6 nitrogen and oxygen atoms in total. The van der Waals surface area contributed by atoms with Crippen molar-refractivity contribution in [2.24, 2.45) is 5.10 Å². The summed E-state index contributed by atoms with van der Waals surface area (Å²) in [6.07, 6.45) is 1.61. The fourth-order valence-electron chi connectivity index (χ4n) is 2.26. The van der Waals surface area contributed by atoms with Gasteiger partial charge in [0.15, 0.2) is 0 Å². The van der Waals surface area contributed by atoms with Gasteiger partial charge in [-0.15, -0.1) is 0 Å². The molecule has 1 N–H and O–H groups in total. The van der Waals surface area contributed by atoms with Gasteiger partial charge in [-0.1, -0.05) is 18.2 Å². The van der Waals surface area contributed by atoms with Crippen LogP contribution in [0.15, 0.2) is 35.4 Å². The Balaban J connectivity index is 1.72. The normalized spacial score (nSPS) is 14.5. The van der Waals surface area contributed by atoms with Gasteiger partial charge in [-0.25, -0.2) is 5.01 Å². The van der Waals surface area contributed by atoms with Crippen molar-refractivity contribution < 1.29 is 9.59 Å². The number of amides is 2. The van der Waals surface area contributed by atoms with Gasteiger partial charge in [-0.05, 0) is 18.6 Å². The molecule has 2 rings (SSSR count). The van der Waals surface area contributed by atoms with Crippen LogP contribution in [0.2, 0.25) is 0 Å². The summed E-state index contributed by atoms with van der Waals surface area (Å²) in [5.74, 6) is -0.234. The number of para-hydroxylation sites is 1. The van der Waals surface area contributed by atoms with Gasteiger partial charge in [0.05, 0.1) is 0 Å². The SMILES string of the molecule is CN1N=C(C(=O)NCCCN(C)c2ccccc2)CCC1=O. The molecule has 22 heavy (non-hydrogen) atoms. The first-order valence-electron chi connectivity index (χ1n) is 7.46. The number of carbonyl (C=O) groups is 2. The van der Waals surface area contributed by atoms with Crippen molar-refractivity contribution in [1.82, 2.24) is 10.3 Å². The highest BCUT2D eigenvalue weighted by atomic mass is 16.2. The van der Waals surface area contributed by atoms with Gasteiger partial charge < -0.3 is 10.2 Å². The maximum atomic E-state index is 12.0. The second-order valence-electron chi connectivity index (χ2n) is 5.33. The zero-order valence-corrected chi connectivity index (χ0v) is 13.1. The molecule has 1 aromatic carbocycles. The molecule has 0 bridgehead atoms. The van der Waals surface area contributed by atoms with Gasteiger partial charge >= 0.3 is 0 Å². The average molecular weight is 302 g/mol. The highest BCUT2D eigenvalue weighted by molar-refractivity contribution is 6.39. The number of hydrogen-bond acceptors (Lipinski definition) is 4. The lowest BCUT2D eigenvalue weighted by Crippen LogP contribution is -2.38. The standard InChI is InChI=1S/C16H22N4O2/c1-19(13-7-4-3-5-8-13)12-6-11-17-16(22)14-9-10-15(21)20(2)18-14/h3-5,7-8H,6,9-12H2,1-2H3,(H,17,22). The van der Waals surface area contributed by atoms with E-state index in [1.54, 1.807) is 7.05 Å². The predicted molar refractivity (Wildman–Crippen MR) is 86.8 cm³/mol. The lowest BCUT2D eigenvalue weighted by Gasteiger charge is -2.20. The summed E-state index contributed by atoms with van der Waals surface area (Å²) in [5, 5.41) is 8.10. The van der Waals surface area contributed by atoms with E-state index in [9.17, 15) is 9.59 Å². The largest absolute Gasteiger partial charge is 0.375 e. The Morgan fingerprint density at radius 2 is 2.05 bits per heavy atom. The average Bonchev–Trinajstić information content (AvgIpc) is 2.54. The first-order valence-corrected chi connectivity index (χ1v) is 7.46. The summed E-state index contributed by atoms with van der Waals surface area (Å²) in [4.78, 5) is 25.4. The molecule has 0 unspecified atom stereocenters. The Bertz CT molecular complexity index is 557. The van der Waals surface area contributed by atoms with E-state index in [1.165, 1.54) is 5.01 Å². The zero-order valence-electron chi connectivity index (χ0n) is 13.1. The first kappa shape index (κ1) is 16.0. The van der Waals surface area contributed by atoms with Crippen LogP contribution in [0.1, 0.15) is 19.3 Å². The minimum Gasteiger partial charge on any atom is -0.375 e. The van der Waals surface area contributed by atoms with Crippen LogP contribution >= 0.6 is 0 Å². The van der Waals surface area contributed by atoms with Crippen molar-refractivity contribution in [3.63, 3.8) is 0 Å². The molecule has 0 saturated carbocycles. The molecule has 0 atom stereocenters. The van der Waals surface area contributed by atoms with Crippen LogP contribution in [0.4, 0.5) is 5.69 Å². The predicted octanol–water partition coefficient (Wildman–Crippen LogP) is 1.24. The van der Waals surface area contributed by atoms with Crippen LogP contribution in [0.5, 0.6) is 0 Å². The van der Waals surface area contributed by atoms with E-state index in [-0.39, 0.29) is 11.8 Å². The van der Waals surface area contributed by atoms with E-state index in [2.05, 4.69) is 27.5 Å². The molecule has 118 valence electrons. The quantitative estimate of drug-likeness (QED) is 0.804. The van der Waals surface area contributed by atoms with Crippen molar-refractivity contribution in [1.29, 1.82) is 0 Å². The monoisotopic (exact) mass is 302 g/mol. The lowest BCUT2D eigenvalue weighted by molar-refractivity contribution is -0.130. The van der Waals surface area contributed by atoms with Crippen LogP contribution < -0.4 is 10.2 Å². The molecule has 0 aromatic heterocycles. The fraction of sp³-hybridized carbons (Fsp3) is 0.438. The molecule has 6 heteroatoms. The van der Waals surface area contributed by atoms with Crippen LogP contribution in [-0.2, 0) is 9.59 Å². The van der Waals surface area contributed by atoms with Crippen molar-refractivity contribution in [2.75, 3.05) is 32.1 Å². The summed E-state index contributed by atoms with van der Waals surface area (Å²) < 4.78 is 0. The van der Waals surface area contributed by atoms with Gasteiger partial charge in [0.2, 0.25) is 5.91 Å². The second kappa shape index (κ2) is 7.59. The minimum absolute atomic E-state index is 0.0546. The van der Waals surface area contributed by atoms with Gasteiger partial charge in [-0.2, -0.15) is 5.10 Å². The molecule has 1 aliphatic heterocycles. The summed E-state index contributed by atoms with van der Waals surface area (Å²) >= 11 is 0. The molecule has 0 spiro atoms. The third kappa shape index (κ3) is 4.31. The Morgan fingerprint density at radius 1 is 1.32 bits per heavy atom. The molecule has 2 amide bonds. The van der Waals surface area contributed by atoms with Crippen LogP contribution in [0.25, 0.3) is 0 Å². The highest BCUT2D eigenvalue weighted by Gasteiger charge is 2.21. The first-order chi connectivity index (χ1) is 10.6. The van der Waals surface area contributed by atoms with E-state index < -0.39 is 0 Å². The summed E-state index contributed by atoms with van der Waals surface area (Å²) in [6.45, 7) is 1.45. The molecular formula is C16H22N4O2. The van der Waals surface area contributed by atoms with E-state index in [0.29, 0.717) is 25.1 Å². The summed E-state index contributed by atoms with van der Waals surface area (Å²) in [7, 11) is 3.60. The van der Waals surface area contributed by atoms with Crippen molar-refractivity contribution in [3.8, 4) is 0 Å². The topological polar surface area (TPSA) is 65.0 Å². The number of hydrogen-bond donors (Lipinski definition) is 1. The second-order valence-corrected chi connectivity index (χ2v) is 5.33. The third-order valence-electron chi connectivity index (χ3n) is 3.62. The summed E-state index contributed by atoms with van der Waals surface area (Å²) in [5.41, 5.74) is 1.59. The van der Waals surface area contributed by atoms with E-state index in [1.807, 2.05) is 25.2 Å². The Morgan fingerprint density at radius 3 is 2.73 bits per heavy atom. The van der Waals surface area contributed by atoms with E-state index >= 15 is 0 Å².